The number of ether oxygens (including phenoxy) is 1. The number of carbonyl (C=O) groups is 1. The molecular formula is C18H21NO2. The molecule has 2 aromatic carbocycles. The zero-order valence-electron chi connectivity index (χ0n) is 12.7. The van der Waals surface area contributed by atoms with Gasteiger partial charge in [0.05, 0.1) is 7.11 Å². The molecule has 2 aromatic rings. The Morgan fingerprint density at radius 1 is 1.10 bits per heavy atom. The van der Waals surface area contributed by atoms with Gasteiger partial charge in [-0.3, -0.25) is 5.32 Å². The van der Waals surface area contributed by atoms with Gasteiger partial charge in [0.1, 0.15) is 6.04 Å². The number of benzene rings is 2. The minimum absolute atomic E-state index is 0.268. The summed E-state index contributed by atoms with van der Waals surface area (Å²) >= 11 is 0. The van der Waals surface area contributed by atoms with Gasteiger partial charge in [-0.25, -0.2) is 4.79 Å². The number of esters is 1. The molecule has 0 saturated heterocycles. The van der Waals surface area contributed by atoms with Crippen molar-refractivity contribution in [2.45, 2.75) is 26.4 Å². The van der Waals surface area contributed by atoms with Gasteiger partial charge in [0.2, 0.25) is 0 Å². The Morgan fingerprint density at radius 2 is 1.71 bits per heavy atom. The number of rotatable bonds is 5. The lowest BCUT2D eigenvalue weighted by Crippen LogP contribution is -2.29. The van der Waals surface area contributed by atoms with E-state index < -0.39 is 6.04 Å². The molecular weight excluding hydrogens is 262 g/mol. The molecule has 0 aliphatic rings. The van der Waals surface area contributed by atoms with Gasteiger partial charge in [0.25, 0.3) is 0 Å². The number of carbonyl (C=O) groups excluding carboxylic acids is 1. The van der Waals surface area contributed by atoms with Gasteiger partial charge in [-0.1, -0.05) is 59.7 Å². The van der Waals surface area contributed by atoms with Crippen LogP contribution in [0.3, 0.4) is 0 Å². The molecule has 0 aromatic heterocycles. The van der Waals surface area contributed by atoms with Crippen molar-refractivity contribution in [1.82, 2.24) is 5.32 Å². The largest absolute Gasteiger partial charge is 0.468 e. The molecule has 2 rings (SSSR count). The highest BCUT2D eigenvalue weighted by Gasteiger charge is 2.21. The van der Waals surface area contributed by atoms with Gasteiger partial charge in [-0.15, -0.1) is 0 Å². The smallest absolute Gasteiger partial charge is 0.327 e. The van der Waals surface area contributed by atoms with Crippen LogP contribution in [0.15, 0.2) is 48.5 Å². The van der Waals surface area contributed by atoms with Crippen LogP contribution >= 0.6 is 0 Å². The fourth-order valence-corrected chi connectivity index (χ4v) is 2.45. The van der Waals surface area contributed by atoms with Gasteiger partial charge in [0.15, 0.2) is 0 Å². The summed E-state index contributed by atoms with van der Waals surface area (Å²) in [5.41, 5.74) is 4.35. The number of nitrogens with one attached hydrogen (secondary N) is 1. The van der Waals surface area contributed by atoms with Crippen LogP contribution in [0, 0.1) is 13.8 Å². The molecule has 1 atom stereocenters. The molecule has 0 heterocycles. The number of aryl methyl sites for hydroxylation is 2. The van der Waals surface area contributed by atoms with E-state index in [0.29, 0.717) is 6.54 Å². The lowest BCUT2D eigenvalue weighted by molar-refractivity contribution is -0.143. The number of hydrogen-bond donors (Lipinski definition) is 1. The van der Waals surface area contributed by atoms with Crippen LogP contribution in [0.25, 0.3) is 0 Å². The quantitative estimate of drug-likeness (QED) is 0.856. The van der Waals surface area contributed by atoms with E-state index in [1.807, 2.05) is 56.3 Å². The summed E-state index contributed by atoms with van der Waals surface area (Å²) in [5.74, 6) is -0.268. The molecule has 0 amide bonds. The fourth-order valence-electron chi connectivity index (χ4n) is 2.45. The lowest BCUT2D eigenvalue weighted by atomic mass is 10.0. The summed E-state index contributed by atoms with van der Waals surface area (Å²) in [4.78, 5) is 12.1. The van der Waals surface area contributed by atoms with Crippen molar-refractivity contribution in [3.63, 3.8) is 0 Å². The van der Waals surface area contributed by atoms with Crippen LogP contribution in [-0.2, 0) is 16.1 Å². The second kappa shape index (κ2) is 7.04. The van der Waals surface area contributed by atoms with E-state index in [2.05, 4.69) is 11.4 Å². The molecule has 21 heavy (non-hydrogen) atoms. The zero-order chi connectivity index (χ0) is 15.2. The molecule has 0 saturated carbocycles. The predicted molar refractivity (Wildman–Crippen MR) is 84.0 cm³/mol. The van der Waals surface area contributed by atoms with Crippen LogP contribution < -0.4 is 5.32 Å². The Bertz CT molecular complexity index is 588. The molecule has 1 unspecified atom stereocenters. The summed E-state index contributed by atoms with van der Waals surface area (Å²) in [6.45, 7) is 4.68. The molecule has 0 fully saturated rings. The van der Waals surface area contributed by atoms with Gasteiger partial charge in [0, 0.05) is 6.54 Å². The van der Waals surface area contributed by atoms with Gasteiger partial charge in [-0.2, -0.15) is 0 Å². The summed E-state index contributed by atoms with van der Waals surface area (Å²) in [6.07, 6.45) is 0. The van der Waals surface area contributed by atoms with Crippen molar-refractivity contribution < 1.29 is 9.53 Å². The minimum atomic E-state index is -0.450. The van der Waals surface area contributed by atoms with Crippen molar-refractivity contribution >= 4 is 5.97 Å². The minimum Gasteiger partial charge on any atom is -0.468 e. The van der Waals surface area contributed by atoms with E-state index in [1.165, 1.54) is 7.11 Å². The molecule has 3 nitrogen and oxygen atoms in total. The van der Waals surface area contributed by atoms with E-state index in [9.17, 15) is 4.79 Å². The first-order chi connectivity index (χ1) is 10.1. The Labute approximate surface area is 126 Å². The third kappa shape index (κ3) is 4.17. The highest BCUT2D eigenvalue weighted by Crippen LogP contribution is 2.19. The topological polar surface area (TPSA) is 38.3 Å². The van der Waals surface area contributed by atoms with E-state index in [4.69, 9.17) is 4.74 Å². The van der Waals surface area contributed by atoms with Crippen LogP contribution in [0.2, 0.25) is 0 Å². The van der Waals surface area contributed by atoms with Crippen LogP contribution in [0.5, 0.6) is 0 Å². The van der Waals surface area contributed by atoms with E-state index >= 15 is 0 Å². The third-order valence-corrected chi connectivity index (χ3v) is 3.37. The summed E-state index contributed by atoms with van der Waals surface area (Å²) in [7, 11) is 1.42. The second-order valence-electron chi connectivity index (χ2n) is 5.24. The average molecular weight is 283 g/mol. The maximum absolute atomic E-state index is 12.1. The highest BCUT2D eigenvalue weighted by molar-refractivity contribution is 5.77. The number of methoxy groups -OCH3 is 1. The van der Waals surface area contributed by atoms with Crippen molar-refractivity contribution in [3.05, 3.63) is 70.8 Å². The van der Waals surface area contributed by atoms with E-state index in [1.54, 1.807) is 0 Å². The van der Waals surface area contributed by atoms with Crippen LogP contribution in [0.1, 0.15) is 28.3 Å². The number of hydrogen-bond acceptors (Lipinski definition) is 3. The highest BCUT2D eigenvalue weighted by atomic mass is 16.5. The Morgan fingerprint density at radius 3 is 2.29 bits per heavy atom. The first-order valence-corrected chi connectivity index (χ1v) is 7.03. The summed E-state index contributed by atoms with van der Waals surface area (Å²) in [6, 6.07) is 15.7. The van der Waals surface area contributed by atoms with E-state index in [-0.39, 0.29) is 5.97 Å². The average Bonchev–Trinajstić information content (AvgIpc) is 2.47. The monoisotopic (exact) mass is 283 g/mol. The Hall–Kier alpha value is -2.13. The molecule has 0 radical (unpaired) electrons. The first-order valence-electron chi connectivity index (χ1n) is 7.03. The normalized spacial score (nSPS) is 12.0. The lowest BCUT2D eigenvalue weighted by Gasteiger charge is -2.18. The van der Waals surface area contributed by atoms with Gasteiger partial charge < -0.3 is 4.74 Å². The molecule has 0 spiro atoms. The zero-order valence-corrected chi connectivity index (χ0v) is 12.7. The molecule has 110 valence electrons. The van der Waals surface area contributed by atoms with Crippen molar-refractivity contribution in [3.8, 4) is 0 Å². The molecule has 0 bridgehead atoms. The van der Waals surface area contributed by atoms with Crippen molar-refractivity contribution in [2.24, 2.45) is 0 Å². The first kappa shape index (κ1) is 15.3. The van der Waals surface area contributed by atoms with Gasteiger partial charge >= 0.3 is 5.97 Å². The molecule has 3 heteroatoms. The summed E-state index contributed by atoms with van der Waals surface area (Å²) < 4.78 is 4.93. The van der Waals surface area contributed by atoms with Crippen LogP contribution in [0.4, 0.5) is 0 Å². The molecule has 0 aliphatic heterocycles. The standard InChI is InChI=1S/C18H21NO2/c1-13-9-14(2)11-16(10-13)17(18(20)21-3)19-12-15-7-5-4-6-8-15/h4-11,17,19H,12H2,1-3H3. The Balaban J connectivity index is 2.20. The van der Waals surface area contributed by atoms with E-state index in [0.717, 1.165) is 22.3 Å². The summed E-state index contributed by atoms with van der Waals surface area (Å²) in [5, 5.41) is 3.28. The maximum atomic E-state index is 12.1. The SMILES string of the molecule is COC(=O)C(NCc1ccccc1)c1cc(C)cc(C)c1. The van der Waals surface area contributed by atoms with Gasteiger partial charge in [-0.05, 0) is 25.0 Å². The Kier molecular flexibility index (Phi) is 5.12. The predicted octanol–water partition coefficient (Wildman–Crippen LogP) is 3.31. The van der Waals surface area contributed by atoms with Crippen molar-refractivity contribution in [2.75, 3.05) is 7.11 Å². The third-order valence-electron chi connectivity index (χ3n) is 3.37. The van der Waals surface area contributed by atoms with Crippen molar-refractivity contribution in [1.29, 1.82) is 0 Å². The maximum Gasteiger partial charge on any atom is 0.327 e. The fraction of sp³-hybridized carbons (Fsp3) is 0.278. The molecule has 0 aliphatic carbocycles. The molecule has 1 N–H and O–H groups in total. The van der Waals surface area contributed by atoms with Crippen LogP contribution in [-0.4, -0.2) is 13.1 Å². The second-order valence-corrected chi connectivity index (χ2v) is 5.24.